The van der Waals surface area contributed by atoms with Crippen molar-refractivity contribution in [3.8, 4) is 0 Å². The fourth-order valence-corrected chi connectivity index (χ4v) is 4.62. The lowest BCUT2D eigenvalue weighted by Gasteiger charge is -2.39. The van der Waals surface area contributed by atoms with Gasteiger partial charge >= 0.3 is 0 Å². The number of aliphatic imine (C=N–C) groups is 1. The highest BCUT2D eigenvalue weighted by Crippen LogP contribution is 2.34. The van der Waals surface area contributed by atoms with Crippen LogP contribution in [0, 0.1) is 5.92 Å². The second kappa shape index (κ2) is 10.2. The fourth-order valence-electron chi connectivity index (χ4n) is 3.38. The van der Waals surface area contributed by atoms with Gasteiger partial charge in [-0.05, 0) is 37.4 Å². The molecule has 1 unspecified atom stereocenters. The van der Waals surface area contributed by atoms with Gasteiger partial charge in [-0.15, -0.1) is 24.0 Å². The topological polar surface area (TPSA) is 36.9 Å². The molecule has 0 aromatic rings. The van der Waals surface area contributed by atoms with Gasteiger partial charge in [-0.1, -0.05) is 13.8 Å². The van der Waals surface area contributed by atoms with Gasteiger partial charge in [-0.3, -0.25) is 4.99 Å². The highest BCUT2D eigenvalue weighted by Gasteiger charge is 2.33. The first-order chi connectivity index (χ1) is 10.2. The molecule has 2 rings (SSSR count). The summed E-state index contributed by atoms with van der Waals surface area (Å²) in [5.74, 6) is 3.03. The second-order valence-corrected chi connectivity index (χ2v) is 8.05. The maximum Gasteiger partial charge on any atom is 0.193 e. The van der Waals surface area contributed by atoms with Crippen LogP contribution in [-0.2, 0) is 4.74 Å². The summed E-state index contributed by atoms with van der Waals surface area (Å²) >= 11 is 2.08. The molecule has 1 atom stereocenters. The van der Waals surface area contributed by atoms with E-state index in [-0.39, 0.29) is 24.0 Å². The maximum atomic E-state index is 5.55. The van der Waals surface area contributed by atoms with Gasteiger partial charge in [0.05, 0.1) is 0 Å². The Kier molecular flexibility index (Phi) is 9.47. The lowest BCUT2D eigenvalue weighted by Crippen LogP contribution is -2.51. The minimum atomic E-state index is 0. The van der Waals surface area contributed by atoms with Gasteiger partial charge in [-0.25, -0.2) is 0 Å². The van der Waals surface area contributed by atoms with Crippen LogP contribution in [0.2, 0.25) is 0 Å². The van der Waals surface area contributed by atoms with Gasteiger partial charge in [-0.2, -0.15) is 11.8 Å². The van der Waals surface area contributed by atoms with E-state index in [1.165, 1.54) is 18.6 Å². The Morgan fingerprint density at radius 3 is 2.73 bits per heavy atom. The standard InChI is InChI=1S/C16H31N3OS.HI/c1-4-21-16(7-10-20-11-8-16)13-18-15(17-3)19-9-5-6-14(2)12-19;/h14H,4-13H2,1-3H3,(H,17,18);1H. The molecule has 2 heterocycles. The molecule has 0 spiro atoms. The summed E-state index contributed by atoms with van der Waals surface area (Å²) in [6.45, 7) is 9.67. The van der Waals surface area contributed by atoms with Gasteiger partial charge in [0, 0.05) is 44.6 Å². The van der Waals surface area contributed by atoms with E-state index in [2.05, 4.69) is 40.8 Å². The van der Waals surface area contributed by atoms with Crippen molar-refractivity contribution in [1.82, 2.24) is 10.2 Å². The predicted molar refractivity (Wildman–Crippen MR) is 108 cm³/mol. The van der Waals surface area contributed by atoms with Crippen LogP contribution in [0.15, 0.2) is 4.99 Å². The molecule has 0 amide bonds. The number of hydrogen-bond acceptors (Lipinski definition) is 3. The molecular weight excluding hydrogens is 409 g/mol. The number of thioether (sulfide) groups is 1. The zero-order valence-corrected chi connectivity index (χ0v) is 17.4. The molecule has 0 aliphatic carbocycles. The summed E-state index contributed by atoms with van der Waals surface area (Å²) in [6.07, 6.45) is 4.92. The molecule has 0 radical (unpaired) electrons. The summed E-state index contributed by atoms with van der Waals surface area (Å²) in [6, 6.07) is 0. The van der Waals surface area contributed by atoms with Gasteiger partial charge in [0.2, 0.25) is 0 Å². The van der Waals surface area contributed by atoms with Gasteiger partial charge in [0.15, 0.2) is 5.96 Å². The van der Waals surface area contributed by atoms with E-state index in [0.29, 0.717) is 4.75 Å². The molecule has 1 N–H and O–H groups in total. The van der Waals surface area contributed by atoms with E-state index in [1.807, 2.05) is 7.05 Å². The van der Waals surface area contributed by atoms with Crippen molar-refractivity contribution in [2.75, 3.05) is 45.6 Å². The van der Waals surface area contributed by atoms with Crippen LogP contribution >= 0.6 is 35.7 Å². The van der Waals surface area contributed by atoms with Crippen LogP contribution < -0.4 is 5.32 Å². The van der Waals surface area contributed by atoms with E-state index in [4.69, 9.17) is 4.74 Å². The lowest BCUT2D eigenvalue weighted by atomic mass is 9.98. The molecule has 0 aromatic heterocycles. The first-order valence-corrected chi connectivity index (χ1v) is 9.35. The zero-order valence-electron chi connectivity index (χ0n) is 14.3. The Morgan fingerprint density at radius 1 is 1.41 bits per heavy atom. The number of nitrogens with zero attached hydrogens (tertiary/aromatic N) is 2. The zero-order chi connectivity index (χ0) is 15.1. The quantitative estimate of drug-likeness (QED) is 0.413. The highest BCUT2D eigenvalue weighted by molar-refractivity contribution is 14.0. The Morgan fingerprint density at radius 2 is 2.14 bits per heavy atom. The third-order valence-electron chi connectivity index (χ3n) is 4.59. The predicted octanol–water partition coefficient (Wildman–Crippen LogP) is 3.21. The normalized spacial score (nSPS) is 25.5. The number of guanidine groups is 1. The molecule has 0 aromatic carbocycles. The second-order valence-electron chi connectivity index (χ2n) is 6.32. The maximum absolute atomic E-state index is 5.55. The summed E-state index contributed by atoms with van der Waals surface area (Å²) in [7, 11) is 1.91. The Hall–Kier alpha value is 0.310. The molecule has 2 fully saturated rings. The van der Waals surface area contributed by atoms with Crippen molar-refractivity contribution < 1.29 is 4.74 Å². The minimum absolute atomic E-state index is 0. The number of rotatable bonds is 4. The van der Waals surface area contributed by atoms with Crippen molar-refractivity contribution in [1.29, 1.82) is 0 Å². The first-order valence-electron chi connectivity index (χ1n) is 8.36. The molecule has 2 aliphatic rings. The number of halogens is 1. The average molecular weight is 441 g/mol. The van der Waals surface area contributed by atoms with E-state index in [0.717, 1.165) is 57.6 Å². The summed E-state index contributed by atoms with van der Waals surface area (Å²) in [5, 5.41) is 3.65. The van der Waals surface area contributed by atoms with Crippen LogP contribution in [0.1, 0.15) is 39.5 Å². The lowest BCUT2D eigenvalue weighted by molar-refractivity contribution is 0.0779. The van der Waals surface area contributed by atoms with Crippen molar-refractivity contribution >= 4 is 41.7 Å². The molecule has 0 bridgehead atoms. The largest absolute Gasteiger partial charge is 0.381 e. The molecule has 0 saturated carbocycles. The molecule has 22 heavy (non-hydrogen) atoms. The van der Waals surface area contributed by atoms with Crippen molar-refractivity contribution in [3.05, 3.63) is 0 Å². The fraction of sp³-hybridized carbons (Fsp3) is 0.938. The molecule has 130 valence electrons. The highest BCUT2D eigenvalue weighted by atomic mass is 127. The van der Waals surface area contributed by atoms with Crippen molar-refractivity contribution in [3.63, 3.8) is 0 Å². The number of hydrogen-bond donors (Lipinski definition) is 1. The molecule has 6 heteroatoms. The third-order valence-corrected chi connectivity index (χ3v) is 6.05. The Balaban J connectivity index is 0.00000242. The number of piperidine rings is 1. The van der Waals surface area contributed by atoms with E-state index >= 15 is 0 Å². The SMILES string of the molecule is CCSC1(CNC(=NC)N2CCCC(C)C2)CCOCC1.I. The van der Waals surface area contributed by atoms with E-state index in [1.54, 1.807) is 0 Å². The molecule has 2 saturated heterocycles. The average Bonchev–Trinajstić information content (AvgIpc) is 2.49. The number of likely N-dealkylation sites (tertiary alicyclic amines) is 1. The van der Waals surface area contributed by atoms with Crippen molar-refractivity contribution in [2.24, 2.45) is 10.9 Å². The van der Waals surface area contributed by atoms with Crippen molar-refractivity contribution in [2.45, 2.75) is 44.3 Å². The monoisotopic (exact) mass is 441 g/mol. The van der Waals surface area contributed by atoms with Gasteiger partial charge < -0.3 is 15.0 Å². The Bertz CT molecular complexity index is 343. The van der Waals surface area contributed by atoms with Crippen LogP contribution in [-0.4, -0.2) is 61.3 Å². The van der Waals surface area contributed by atoms with E-state index < -0.39 is 0 Å². The van der Waals surface area contributed by atoms with E-state index in [9.17, 15) is 0 Å². The van der Waals surface area contributed by atoms with Crippen LogP contribution in [0.4, 0.5) is 0 Å². The third kappa shape index (κ3) is 5.74. The molecule has 2 aliphatic heterocycles. The Labute approximate surface area is 157 Å². The summed E-state index contributed by atoms with van der Waals surface area (Å²) in [5.41, 5.74) is 0. The number of nitrogens with one attached hydrogen (secondary N) is 1. The molecular formula is C16H32IN3OS. The number of ether oxygens (including phenoxy) is 1. The summed E-state index contributed by atoms with van der Waals surface area (Å²) < 4.78 is 5.88. The van der Waals surface area contributed by atoms with Crippen LogP contribution in [0.5, 0.6) is 0 Å². The minimum Gasteiger partial charge on any atom is -0.381 e. The van der Waals surface area contributed by atoms with Crippen LogP contribution in [0.3, 0.4) is 0 Å². The van der Waals surface area contributed by atoms with Crippen LogP contribution in [0.25, 0.3) is 0 Å². The summed E-state index contributed by atoms with van der Waals surface area (Å²) in [4.78, 5) is 6.94. The molecule has 4 nitrogen and oxygen atoms in total. The smallest absolute Gasteiger partial charge is 0.193 e. The van der Waals surface area contributed by atoms with Gasteiger partial charge in [0.25, 0.3) is 0 Å². The van der Waals surface area contributed by atoms with Gasteiger partial charge in [0.1, 0.15) is 0 Å². The first kappa shape index (κ1) is 20.4.